The molecule has 0 atom stereocenters. The highest BCUT2D eigenvalue weighted by molar-refractivity contribution is 9.10. The quantitative estimate of drug-likeness (QED) is 0.746. The summed E-state index contributed by atoms with van der Waals surface area (Å²) in [5.41, 5.74) is 1.47. The number of hydrogen-bond donors (Lipinski definition) is 0. The Bertz CT molecular complexity index is 432. The molecular formula is C12H17BBrNO2. The summed E-state index contributed by atoms with van der Waals surface area (Å²) in [7, 11) is -0.343. The second kappa shape index (κ2) is 4.07. The van der Waals surface area contributed by atoms with E-state index in [2.05, 4.69) is 20.9 Å². The van der Waals surface area contributed by atoms with Crippen LogP contribution in [0.3, 0.4) is 0 Å². The van der Waals surface area contributed by atoms with E-state index in [4.69, 9.17) is 9.31 Å². The van der Waals surface area contributed by atoms with Crippen LogP contribution in [0.25, 0.3) is 0 Å². The van der Waals surface area contributed by atoms with E-state index in [1.54, 1.807) is 6.20 Å². The lowest BCUT2D eigenvalue weighted by Crippen LogP contribution is -2.41. The maximum Gasteiger partial charge on any atom is 0.496 e. The van der Waals surface area contributed by atoms with E-state index in [-0.39, 0.29) is 18.3 Å². The number of rotatable bonds is 1. The molecule has 1 fully saturated rings. The summed E-state index contributed by atoms with van der Waals surface area (Å²) in [4.78, 5) is 4.18. The van der Waals surface area contributed by atoms with Gasteiger partial charge in [-0.3, -0.25) is 4.98 Å². The van der Waals surface area contributed by atoms with Crippen molar-refractivity contribution in [1.29, 1.82) is 0 Å². The van der Waals surface area contributed by atoms with Gasteiger partial charge in [0.25, 0.3) is 0 Å². The third-order valence-electron chi connectivity index (χ3n) is 3.70. The first-order chi connectivity index (χ1) is 7.74. The zero-order valence-electron chi connectivity index (χ0n) is 10.9. The highest BCUT2D eigenvalue weighted by Gasteiger charge is 2.52. The lowest BCUT2D eigenvalue weighted by molar-refractivity contribution is 0.00578. The average Bonchev–Trinajstić information content (AvgIpc) is 2.40. The van der Waals surface area contributed by atoms with Crippen molar-refractivity contribution in [3.8, 4) is 0 Å². The van der Waals surface area contributed by atoms with Crippen molar-refractivity contribution in [3.63, 3.8) is 0 Å². The van der Waals surface area contributed by atoms with Gasteiger partial charge in [0.15, 0.2) is 0 Å². The van der Waals surface area contributed by atoms with Crippen LogP contribution in [0.2, 0.25) is 0 Å². The van der Waals surface area contributed by atoms with Crippen LogP contribution in [0.1, 0.15) is 33.3 Å². The van der Waals surface area contributed by atoms with Crippen molar-refractivity contribution >= 4 is 28.5 Å². The van der Waals surface area contributed by atoms with Crippen molar-refractivity contribution in [3.05, 3.63) is 22.4 Å². The summed E-state index contributed by atoms with van der Waals surface area (Å²) in [5.74, 6) is 0. The predicted octanol–water partition coefficient (Wildman–Crippen LogP) is 2.45. The van der Waals surface area contributed by atoms with Gasteiger partial charge in [-0.2, -0.15) is 0 Å². The molecule has 1 saturated heterocycles. The molecule has 1 aromatic rings. The minimum atomic E-state index is -0.343. The van der Waals surface area contributed by atoms with Crippen LogP contribution in [0, 0.1) is 6.92 Å². The SMILES string of the molecule is Cc1c(Br)cncc1B1OC(C)(C)C(C)(C)O1. The van der Waals surface area contributed by atoms with Crippen molar-refractivity contribution in [2.75, 3.05) is 0 Å². The van der Waals surface area contributed by atoms with Gasteiger partial charge in [-0.1, -0.05) is 0 Å². The summed E-state index contributed by atoms with van der Waals surface area (Å²) in [6.07, 6.45) is 3.59. The fraction of sp³-hybridized carbons (Fsp3) is 0.583. The van der Waals surface area contributed by atoms with Crippen molar-refractivity contribution in [2.24, 2.45) is 0 Å². The normalized spacial score (nSPS) is 21.9. The van der Waals surface area contributed by atoms with Gasteiger partial charge < -0.3 is 9.31 Å². The Hall–Kier alpha value is -0.385. The molecule has 1 aliphatic rings. The number of pyridine rings is 1. The molecule has 0 N–H and O–H groups in total. The molecule has 1 aromatic heterocycles. The summed E-state index contributed by atoms with van der Waals surface area (Å²) >= 11 is 3.48. The number of nitrogens with zero attached hydrogens (tertiary/aromatic N) is 1. The molecule has 5 heteroatoms. The van der Waals surface area contributed by atoms with Crippen LogP contribution < -0.4 is 5.46 Å². The van der Waals surface area contributed by atoms with E-state index in [1.807, 2.05) is 40.8 Å². The summed E-state index contributed by atoms with van der Waals surface area (Å²) in [6.45, 7) is 10.2. The van der Waals surface area contributed by atoms with Crippen LogP contribution in [-0.2, 0) is 9.31 Å². The molecule has 3 nitrogen and oxygen atoms in total. The van der Waals surface area contributed by atoms with E-state index in [0.717, 1.165) is 15.5 Å². The highest BCUT2D eigenvalue weighted by atomic mass is 79.9. The smallest absolute Gasteiger partial charge is 0.399 e. The average molecular weight is 298 g/mol. The Morgan fingerprint density at radius 1 is 1.12 bits per heavy atom. The van der Waals surface area contributed by atoms with Gasteiger partial charge in [-0.15, -0.1) is 0 Å². The van der Waals surface area contributed by atoms with E-state index in [1.165, 1.54) is 0 Å². The van der Waals surface area contributed by atoms with Crippen molar-refractivity contribution < 1.29 is 9.31 Å². The second-order valence-electron chi connectivity index (χ2n) is 5.42. The maximum atomic E-state index is 6.00. The maximum absolute atomic E-state index is 6.00. The molecule has 0 bridgehead atoms. The number of aromatic nitrogens is 1. The summed E-state index contributed by atoms with van der Waals surface area (Å²) in [5, 5.41) is 0. The number of halogens is 1. The molecule has 2 heterocycles. The van der Waals surface area contributed by atoms with E-state index < -0.39 is 0 Å². The first-order valence-corrected chi connectivity index (χ1v) is 6.49. The lowest BCUT2D eigenvalue weighted by Gasteiger charge is -2.32. The van der Waals surface area contributed by atoms with Crippen LogP contribution in [0.15, 0.2) is 16.9 Å². The standard InChI is InChI=1S/C12H17BBrNO2/c1-8-9(6-15-7-10(8)14)13-16-11(2,3)12(4,5)17-13/h6-7H,1-5H3. The Labute approximate surface area is 111 Å². The molecule has 0 unspecified atom stereocenters. The third-order valence-corrected chi connectivity index (χ3v) is 4.50. The Balaban J connectivity index is 2.36. The molecule has 0 saturated carbocycles. The van der Waals surface area contributed by atoms with E-state index >= 15 is 0 Å². The first-order valence-electron chi connectivity index (χ1n) is 5.70. The summed E-state index contributed by atoms with van der Waals surface area (Å²) < 4.78 is 13.0. The van der Waals surface area contributed by atoms with Gasteiger partial charge in [0.2, 0.25) is 0 Å². The molecule has 0 aliphatic carbocycles. The predicted molar refractivity (Wildman–Crippen MR) is 72.4 cm³/mol. The van der Waals surface area contributed by atoms with E-state index in [9.17, 15) is 0 Å². The van der Waals surface area contributed by atoms with Crippen molar-refractivity contribution in [2.45, 2.75) is 45.8 Å². The topological polar surface area (TPSA) is 31.4 Å². The largest absolute Gasteiger partial charge is 0.496 e. The van der Waals surface area contributed by atoms with Crippen LogP contribution >= 0.6 is 15.9 Å². The van der Waals surface area contributed by atoms with Gasteiger partial charge in [-0.05, 0) is 56.1 Å². The van der Waals surface area contributed by atoms with Crippen molar-refractivity contribution in [1.82, 2.24) is 4.98 Å². The molecule has 92 valence electrons. The van der Waals surface area contributed by atoms with Gasteiger partial charge >= 0.3 is 7.12 Å². The zero-order chi connectivity index (χ0) is 12.8. The minimum Gasteiger partial charge on any atom is -0.399 e. The fourth-order valence-corrected chi connectivity index (χ4v) is 2.07. The van der Waals surface area contributed by atoms with Gasteiger partial charge in [0, 0.05) is 22.3 Å². The fourth-order valence-electron chi connectivity index (χ4n) is 1.72. The monoisotopic (exact) mass is 297 g/mol. The molecule has 17 heavy (non-hydrogen) atoms. The Morgan fingerprint density at radius 3 is 2.18 bits per heavy atom. The van der Waals surface area contributed by atoms with Crippen LogP contribution in [0.5, 0.6) is 0 Å². The first kappa shape index (κ1) is 13.1. The van der Waals surface area contributed by atoms with E-state index in [0.29, 0.717) is 0 Å². The molecule has 0 amide bonds. The second-order valence-corrected chi connectivity index (χ2v) is 6.28. The molecule has 2 rings (SSSR count). The van der Waals surface area contributed by atoms with Gasteiger partial charge in [0.05, 0.1) is 11.2 Å². The van der Waals surface area contributed by atoms with Gasteiger partial charge in [0.1, 0.15) is 0 Å². The molecular weight excluding hydrogens is 281 g/mol. The zero-order valence-corrected chi connectivity index (χ0v) is 12.5. The number of hydrogen-bond acceptors (Lipinski definition) is 3. The van der Waals surface area contributed by atoms with Crippen LogP contribution in [0.4, 0.5) is 0 Å². The Kier molecular flexibility index (Phi) is 3.13. The molecule has 1 aliphatic heterocycles. The molecule has 0 aromatic carbocycles. The minimum absolute atomic E-state index is 0.313. The lowest BCUT2D eigenvalue weighted by atomic mass is 9.77. The highest BCUT2D eigenvalue weighted by Crippen LogP contribution is 2.36. The third kappa shape index (κ3) is 2.16. The molecule has 0 spiro atoms. The van der Waals surface area contributed by atoms with Crippen LogP contribution in [-0.4, -0.2) is 23.3 Å². The Morgan fingerprint density at radius 2 is 1.65 bits per heavy atom. The van der Waals surface area contributed by atoms with Gasteiger partial charge in [-0.25, -0.2) is 0 Å². The molecule has 0 radical (unpaired) electrons. The summed E-state index contributed by atoms with van der Waals surface area (Å²) in [6, 6.07) is 0.